The largest absolute Gasteiger partial charge is 0.392 e. The van der Waals surface area contributed by atoms with Crippen LogP contribution in [0.3, 0.4) is 0 Å². The van der Waals surface area contributed by atoms with E-state index in [1.807, 2.05) is 0 Å². The second kappa shape index (κ2) is 3.69. The molecule has 1 atom stereocenters. The van der Waals surface area contributed by atoms with Crippen molar-refractivity contribution in [2.24, 2.45) is 0 Å². The molecule has 0 radical (unpaired) electrons. The lowest BCUT2D eigenvalue weighted by atomic mass is 10.4. The van der Waals surface area contributed by atoms with Gasteiger partial charge in [-0.05, 0) is 6.92 Å². The SMILES string of the molecule is CC(O)Cn1ccnc(Cl)c1=O. The summed E-state index contributed by atoms with van der Waals surface area (Å²) < 4.78 is 1.32. The minimum Gasteiger partial charge on any atom is -0.392 e. The molecule has 0 amide bonds. The van der Waals surface area contributed by atoms with Gasteiger partial charge >= 0.3 is 0 Å². The second-order valence-corrected chi connectivity index (χ2v) is 2.88. The average Bonchev–Trinajstić information content (AvgIpc) is 1.98. The maximum Gasteiger partial charge on any atom is 0.288 e. The van der Waals surface area contributed by atoms with Crippen LogP contribution in [0.4, 0.5) is 0 Å². The van der Waals surface area contributed by atoms with Crippen molar-refractivity contribution in [1.29, 1.82) is 0 Å². The van der Waals surface area contributed by atoms with Gasteiger partial charge in [-0.3, -0.25) is 4.79 Å². The van der Waals surface area contributed by atoms with Crippen molar-refractivity contribution in [2.75, 3.05) is 0 Å². The van der Waals surface area contributed by atoms with E-state index in [1.165, 1.54) is 17.0 Å². The lowest BCUT2D eigenvalue weighted by Gasteiger charge is -2.06. The van der Waals surface area contributed by atoms with E-state index in [0.717, 1.165) is 0 Å². The fourth-order valence-electron chi connectivity index (χ4n) is 0.849. The molecule has 0 saturated carbocycles. The summed E-state index contributed by atoms with van der Waals surface area (Å²) in [4.78, 5) is 14.8. The zero-order valence-electron chi connectivity index (χ0n) is 6.57. The van der Waals surface area contributed by atoms with Gasteiger partial charge in [0.15, 0.2) is 5.15 Å². The van der Waals surface area contributed by atoms with E-state index in [-0.39, 0.29) is 17.3 Å². The molecule has 1 heterocycles. The highest BCUT2D eigenvalue weighted by atomic mass is 35.5. The third-order valence-corrected chi connectivity index (χ3v) is 1.59. The molecule has 0 saturated heterocycles. The Morgan fingerprint density at radius 2 is 2.50 bits per heavy atom. The summed E-state index contributed by atoms with van der Waals surface area (Å²) in [6.45, 7) is 1.84. The monoisotopic (exact) mass is 188 g/mol. The smallest absolute Gasteiger partial charge is 0.288 e. The van der Waals surface area contributed by atoms with Gasteiger partial charge in [0, 0.05) is 12.4 Å². The summed E-state index contributed by atoms with van der Waals surface area (Å²) in [6.07, 6.45) is 2.34. The van der Waals surface area contributed by atoms with Gasteiger partial charge in [-0.1, -0.05) is 11.6 Å². The van der Waals surface area contributed by atoms with Crippen LogP contribution in [0.2, 0.25) is 5.15 Å². The van der Waals surface area contributed by atoms with Gasteiger partial charge in [-0.15, -0.1) is 0 Å². The first kappa shape index (κ1) is 9.22. The van der Waals surface area contributed by atoms with E-state index >= 15 is 0 Å². The fourth-order valence-corrected chi connectivity index (χ4v) is 1.01. The van der Waals surface area contributed by atoms with Crippen LogP contribution in [0.25, 0.3) is 0 Å². The van der Waals surface area contributed by atoms with E-state index in [4.69, 9.17) is 16.7 Å². The van der Waals surface area contributed by atoms with Gasteiger partial charge in [-0.25, -0.2) is 4.98 Å². The third-order valence-electron chi connectivity index (χ3n) is 1.33. The molecule has 0 fully saturated rings. The van der Waals surface area contributed by atoms with E-state index in [2.05, 4.69) is 4.98 Å². The van der Waals surface area contributed by atoms with Gasteiger partial charge in [0.05, 0.1) is 12.6 Å². The highest BCUT2D eigenvalue weighted by molar-refractivity contribution is 6.29. The van der Waals surface area contributed by atoms with Crippen molar-refractivity contribution >= 4 is 11.6 Å². The van der Waals surface area contributed by atoms with E-state index in [1.54, 1.807) is 6.92 Å². The molecule has 12 heavy (non-hydrogen) atoms. The number of aliphatic hydroxyl groups is 1. The Kier molecular flexibility index (Phi) is 2.83. The van der Waals surface area contributed by atoms with Gasteiger partial charge in [0.1, 0.15) is 0 Å². The predicted molar refractivity (Wildman–Crippen MR) is 45.2 cm³/mol. The Morgan fingerprint density at radius 3 is 3.08 bits per heavy atom. The Balaban J connectivity index is 3.01. The van der Waals surface area contributed by atoms with Gasteiger partial charge in [-0.2, -0.15) is 0 Å². The topological polar surface area (TPSA) is 55.1 Å². The number of halogens is 1. The fraction of sp³-hybridized carbons (Fsp3) is 0.429. The Bertz CT molecular complexity index is 321. The molecule has 66 valence electrons. The average molecular weight is 189 g/mol. The van der Waals surface area contributed by atoms with Crippen LogP contribution in [0.5, 0.6) is 0 Å². The normalized spacial score (nSPS) is 12.9. The number of hydrogen-bond donors (Lipinski definition) is 1. The molecule has 1 rings (SSSR count). The number of aliphatic hydroxyl groups excluding tert-OH is 1. The van der Waals surface area contributed by atoms with Crippen molar-refractivity contribution in [1.82, 2.24) is 9.55 Å². The Morgan fingerprint density at radius 1 is 1.83 bits per heavy atom. The molecule has 1 aromatic heterocycles. The molecule has 0 aromatic carbocycles. The molecule has 1 N–H and O–H groups in total. The maximum atomic E-state index is 11.2. The standard InChI is InChI=1S/C7H9ClN2O2/c1-5(11)4-10-3-2-9-6(8)7(10)12/h2-3,5,11H,4H2,1H3. The minimum atomic E-state index is -0.568. The van der Waals surface area contributed by atoms with E-state index < -0.39 is 6.10 Å². The summed E-state index contributed by atoms with van der Waals surface area (Å²) in [5.74, 6) is 0. The quantitative estimate of drug-likeness (QED) is 0.725. The van der Waals surface area contributed by atoms with Crippen LogP contribution in [0.15, 0.2) is 17.2 Å². The lowest BCUT2D eigenvalue weighted by molar-refractivity contribution is 0.172. The number of hydrogen-bond acceptors (Lipinski definition) is 3. The first-order valence-corrected chi connectivity index (χ1v) is 3.88. The molecule has 0 aliphatic carbocycles. The highest BCUT2D eigenvalue weighted by Crippen LogP contribution is 1.94. The minimum absolute atomic E-state index is 0.0712. The number of nitrogens with zero attached hydrogens (tertiary/aromatic N) is 2. The molecule has 0 bridgehead atoms. The van der Waals surface area contributed by atoms with Crippen molar-refractivity contribution in [2.45, 2.75) is 19.6 Å². The molecule has 0 aliphatic rings. The number of aromatic nitrogens is 2. The summed E-state index contributed by atoms with van der Waals surface area (Å²) in [7, 11) is 0. The Hall–Kier alpha value is -0.870. The van der Waals surface area contributed by atoms with E-state index in [0.29, 0.717) is 0 Å². The molecular formula is C7H9ClN2O2. The summed E-state index contributed by atoms with van der Waals surface area (Å²) in [5, 5.41) is 8.93. The predicted octanol–water partition coefficient (Wildman–Crippen LogP) is 0.277. The molecule has 4 nitrogen and oxygen atoms in total. The van der Waals surface area contributed by atoms with Gasteiger partial charge < -0.3 is 9.67 Å². The summed E-state index contributed by atoms with van der Waals surface area (Å²) >= 11 is 5.47. The molecule has 0 spiro atoms. The van der Waals surface area contributed by atoms with Crippen LogP contribution in [0, 0.1) is 0 Å². The zero-order chi connectivity index (χ0) is 9.14. The number of rotatable bonds is 2. The molecular weight excluding hydrogens is 180 g/mol. The van der Waals surface area contributed by atoms with Crippen LogP contribution < -0.4 is 5.56 Å². The van der Waals surface area contributed by atoms with Crippen LogP contribution in [-0.2, 0) is 6.54 Å². The Labute approximate surface area is 74.4 Å². The van der Waals surface area contributed by atoms with Crippen LogP contribution >= 0.6 is 11.6 Å². The van der Waals surface area contributed by atoms with Gasteiger partial charge in [0.25, 0.3) is 5.56 Å². The summed E-state index contributed by atoms with van der Waals surface area (Å²) in [6, 6.07) is 0. The summed E-state index contributed by atoms with van der Waals surface area (Å²) in [5.41, 5.74) is -0.375. The molecule has 5 heteroatoms. The van der Waals surface area contributed by atoms with Crippen LogP contribution in [0.1, 0.15) is 6.92 Å². The first-order valence-electron chi connectivity index (χ1n) is 3.50. The van der Waals surface area contributed by atoms with Crippen molar-refractivity contribution in [3.05, 3.63) is 27.9 Å². The third kappa shape index (κ3) is 2.06. The van der Waals surface area contributed by atoms with Gasteiger partial charge in [0.2, 0.25) is 0 Å². The van der Waals surface area contributed by atoms with E-state index in [9.17, 15) is 4.79 Å². The van der Waals surface area contributed by atoms with Crippen molar-refractivity contribution in [3.8, 4) is 0 Å². The second-order valence-electron chi connectivity index (χ2n) is 2.52. The zero-order valence-corrected chi connectivity index (χ0v) is 7.32. The van der Waals surface area contributed by atoms with Crippen LogP contribution in [-0.4, -0.2) is 20.8 Å². The molecule has 0 aliphatic heterocycles. The molecule has 1 unspecified atom stereocenters. The highest BCUT2D eigenvalue weighted by Gasteiger charge is 2.03. The first-order chi connectivity index (χ1) is 5.61. The maximum absolute atomic E-state index is 11.2. The lowest BCUT2D eigenvalue weighted by Crippen LogP contribution is -2.25. The molecule has 1 aromatic rings. The van der Waals surface area contributed by atoms with Crippen molar-refractivity contribution in [3.63, 3.8) is 0 Å². The van der Waals surface area contributed by atoms with Crippen molar-refractivity contribution < 1.29 is 5.11 Å².